The Morgan fingerprint density at radius 1 is 1.21 bits per heavy atom. The van der Waals surface area contributed by atoms with Gasteiger partial charge in [-0.15, -0.1) is 0 Å². The number of aromatic nitrogens is 1. The summed E-state index contributed by atoms with van der Waals surface area (Å²) in [7, 11) is 1.64. The van der Waals surface area contributed by atoms with Crippen molar-refractivity contribution in [2.45, 2.75) is 25.6 Å². The van der Waals surface area contributed by atoms with Gasteiger partial charge in [0.05, 0.1) is 17.7 Å². The number of thiazole rings is 1. The third kappa shape index (κ3) is 2.44. The Bertz CT molecular complexity index is 1240. The Labute approximate surface area is 166 Å². The number of benzene rings is 2. The number of para-hydroxylation sites is 1. The van der Waals surface area contributed by atoms with Crippen LogP contribution in [0.15, 0.2) is 58.3 Å². The second-order valence-electron chi connectivity index (χ2n) is 7.38. The van der Waals surface area contributed by atoms with E-state index in [9.17, 15) is 4.79 Å². The number of hydrogen-bond acceptors (Lipinski definition) is 5. The fourth-order valence-electron chi connectivity index (χ4n) is 4.03. The van der Waals surface area contributed by atoms with Gasteiger partial charge in [0.25, 0.3) is 5.56 Å². The van der Waals surface area contributed by atoms with Gasteiger partial charge in [0.1, 0.15) is 11.5 Å². The molecule has 3 unspecified atom stereocenters. The van der Waals surface area contributed by atoms with Crippen molar-refractivity contribution in [3.05, 3.63) is 79.3 Å². The third-order valence-electron chi connectivity index (χ3n) is 5.72. The number of hydrogen-bond donors (Lipinski definition) is 0. The first-order valence-corrected chi connectivity index (χ1v) is 10.1. The summed E-state index contributed by atoms with van der Waals surface area (Å²) in [4.78, 5) is 18.9. The number of methoxy groups -OCH3 is 1. The molecule has 3 aromatic rings. The number of rotatable bonds is 2. The van der Waals surface area contributed by atoms with E-state index in [1.165, 1.54) is 11.3 Å². The Kier molecular flexibility index (Phi) is 3.74. The maximum Gasteiger partial charge on any atom is 0.270 e. The van der Waals surface area contributed by atoms with Gasteiger partial charge in [-0.25, -0.2) is 4.99 Å². The van der Waals surface area contributed by atoms with Crippen LogP contribution in [0.3, 0.4) is 0 Å². The third-order valence-corrected chi connectivity index (χ3v) is 6.70. The molecule has 28 heavy (non-hydrogen) atoms. The lowest BCUT2D eigenvalue weighted by molar-refractivity contribution is -0.0121. The molecule has 0 spiro atoms. The molecule has 2 aliphatic heterocycles. The zero-order valence-corrected chi connectivity index (χ0v) is 16.7. The fraction of sp³-hybridized carbons (Fsp3) is 0.273. The highest BCUT2D eigenvalue weighted by atomic mass is 32.1. The van der Waals surface area contributed by atoms with Crippen molar-refractivity contribution in [3.63, 3.8) is 0 Å². The van der Waals surface area contributed by atoms with Crippen molar-refractivity contribution in [3.8, 4) is 11.5 Å². The molecule has 0 saturated carbocycles. The van der Waals surface area contributed by atoms with Crippen LogP contribution < -0.4 is 24.4 Å². The fourth-order valence-corrected chi connectivity index (χ4v) is 5.13. The van der Waals surface area contributed by atoms with Gasteiger partial charge < -0.3 is 9.47 Å². The smallest absolute Gasteiger partial charge is 0.270 e. The average Bonchev–Trinajstić information content (AvgIpc) is 2.97. The molecule has 0 aliphatic carbocycles. The van der Waals surface area contributed by atoms with E-state index >= 15 is 0 Å². The van der Waals surface area contributed by atoms with Gasteiger partial charge in [-0.2, -0.15) is 0 Å². The molecule has 3 atom stereocenters. The summed E-state index contributed by atoms with van der Waals surface area (Å²) in [6.07, 6.45) is 1.91. The van der Waals surface area contributed by atoms with Crippen molar-refractivity contribution in [2.75, 3.05) is 7.11 Å². The Hall–Kier alpha value is -2.86. The van der Waals surface area contributed by atoms with Gasteiger partial charge >= 0.3 is 0 Å². The summed E-state index contributed by atoms with van der Waals surface area (Å²) < 4.78 is 14.0. The first-order chi connectivity index (χ1) is 13.5. The van der Waals surface area contributed by atoms with Crippen LogP contribution in [0.5, 0.6) is 11.5 Å². The molecule has 2 aromatic carbocycles. The quantitative estimate of drug-likeness (QED) is 0.674. The van der Waals surface area contributed by atoms with Crippen LogP contribution in [0.1, 0.15) is 31.0 Å². The van der Waals surface area contributed by atoms with Crippen LogP contribution in [-0.2, 0) is 0 Å². The maximum absolute atomic E-state index is 13.3. The lowest BCUT2D eigenvalue weighted by Crippen LogP contribution is -2.54. The van der Waals surface area contributed by atoms with E-state index in [4.69, 9.17) is 14.5 Å². The van der Waals surface area contributed by atoms with Crippen LogP contribution in [0.4, 0.5) is 0 Å². The average molecular weight is 392 g/mol. The SMILES string of the molecule is COc1ccc(/C=c2/sc3n(c2=O)C2c4ccccc4OC(C)(N=3)C2C)cc1. The van der Waals surface area contributed by atoms with E-state index < -0.39 is 5.72 Å². The Morgan fingerprint density at radius 3 is 2.71 bits per heavy atom. The predicted molar refractivity (Wildman–Crippen MR) is 109 cm³/mol. The molecule has 3 heterocycles. The van der Waals surface area contributed by atoms with E-state index in [0.29, 0.717) is 9.33 Å². The van der Waals surface area contributed by atoms with Crippen molar-refractivity contribution in [1.29, 1.82) is 0 Å². The van der Waals surface area contributed by atoms with Gasteiger partial charge in [0, 0.05) is 11.5 Å². The topological polar surface area (TPSA) is 52.8 Å². The molecule has 142 valence electrons. The molecular formula is C22H20N2O3S. The van der Waals surface area contributed by atoms with Gasteiger partial charge in [-0.1, -0.05) is 48.6 Å². The lowest BCUT2D eigenvalue weighted by Gasteiger charge is -2.45. The Morgan fingerprint density at radius 2 is 1.96 bits per heavy atom. The summed E-state index contributed by atoms with van der Waals surface area (Å²) in [6, 6.07) is 15.5. The zero-order valence-electron chi connectivity index (χ0n) is 15.9. The molecular weight excluding hydrogens is 372 g/mol. The normalized spacial score (nSPS) is 25.3. The van der Waals surface area contributed by atoms with Crippen LogP contribution in [0.25, 0.3) is 6.08 Å². The molecule has 5 rings (SSSR count). The predicted octanol–water partition coefficient (Wildman–Crippen LogP) is 2.71. The summed E-state index contributed by atoms with van der Waals surface area (Å²) >= 11 is 1.42. The first kappa shape index (κ1) is 17.3. The van der Waals surface area contributed by atoms with Crippen LogP contribution in [-0.4, -0.2) is 17.4 Å². The molecule has 0 radical (unpaired) electrons. The molecule has 0 fully saturated rings. The molecule has 5 nitrogen and oxygen atoms in total. The molecule has 0 saturated heterocycles. The molecule has 2 aliphatic rings. The van der Waals surface area contributed by atoms with Gasteiger partial charge in [-0.3, -0.25) is 9.36 Å². The molecule has 6 heteroatoms. The molecule has 1 aromatic heterocycles. The van der Waals surface area contributed by atoms with Gasteiger partial charge in [-0.05, 0) is 36.8 Å². The standard InChI is InChI=1S/C22H20N2O3S/c1-13-19-16-6-4-5-7-17(16)27-22(13,2)23-21-24(19)20(25)18(28-21)12-14-8-10-15(26-3)11-9-14/h4-13,19H,1-3H3/b18-12+. The van der Waals surface area contributed by atoms with Gasteiger partial charge in [0.2, 0.25) is 5.72 Å². The van der Waals surface area contributed by atoms with E-state index in [1.54, 1.807) is 7.11 Å². The van der Waals surface area contributed by atoms with Crippen molar-refractivity contribution >= 4 is 17.4 Å². The summed E-state index contributed by atoms with van der Waals surface area (Å²) in [6.45, 7) is 4.10. The van der Waals surface area contributed by atoms with Crippen LogP contribution >= 0.6 is 11.3 Å². The highest BCUT2D eigenvalue weighted by molar-refractivity contribution is 7.07. The molecule has 2 bridgehead atoms. The van der Waals surface area contributed by atoms with Crippen LogP contribution in [0.2, 0.25) is 0 Å². The number of nitrogens with zero attached hydrogens (tertiary/aromatic N) is 2. The van der Waals surface area contributed by atoms with E-state index in [2.05, 4.69) is 6.92 Å². The summed E-state index contributed by atoms with van der Waals surface area (Å²) in [5.74, 6) is 1.65. The largest absolute Gasteiger partial charge is 0.497 e. The second kappa shape index (κ2) is 6.07. The van der Waals surface area contributed by atoms with Gasteiger partial charge in [0.15, 0.2) is 4.80 Å². The maximum atomic E-state index is 13.3. The zero-order chi connectivity index (χ0) is 19.5. The number of fused-ring (bicyclic) bond motifs is 6. The van der Waals surface area contributed by atoms with Crippen LogP contribution in [0, 0.1) is 5.92 Å². The summed E-state index contributed by atoms with van der Waals surface area (Å²) in [5.41, 5.74) is 1.32. The lowest BCUT2D eigenvalue weighted by atomic mass is 9.83. The van der Waals surface area contributed by atoms with E-state index in [0.717, 1.165) is 22.6 Å². The monoisotopic (exact) mass is 392 g/mol. The van der Waals surface area contributed by atoms with Crippen molar-refractivity contribution in [2.24, 2.45) is 10.9 Å². The first-order valence-electron chi connectivity index (χ1n) is 9.25. The minimum Gasteiger partial charge on any atom is -0.497 e. The highest BCUT2D eigenvalue weighted by Gasteiger charge is 2.48. The Balaban J connectivity index is 1.73. The van der Waals surface area contributed by atoms with E-state index in [-0.39, 0.29) is 17.5 Å². The van der Waals surface area contributed by atoms with Crippen molar-refractivity contribution in [1.82, 2.24) is 4.57 Å². The highest BCUT2D eigenvalue weighted by Crippen LogP contribution is 2.46. The minimum absolute atomic E-state index is 0.00447. The second-order valence-corrected chi connectivity index (χ2v) is 8.39. The number of ether oxygens (including phenoxy) is 2. The molecule has 0 amide bonds. The van der Waals surface area contributed by atoms with Crippen molar-refractivity contribution < 1.29 is 9.47 Å². The van der Waals surface area contributed by atoms with E-state index in [1.807, 2.05) is 66.1 Å². The molecule has 0 N–H and O–H groups in total. The summed E-state index contributed by atoms with van der Waals surface area (Å²) in [5, 5.41) is 0. The minimum atomic E-state index is -0.673.